The number of aryl methyl sites for hydroxylation is 1. The summed E-state index contributed by atoms with van der Waals surface area (Å²) in [6.45, 7) is 2.53. The van der Waals surface area contributed by atoms with Crippen LogP contribution in [0.3, 0.4) is 0 Å². The van der Waals surface area contributed by atoms with Crippen molar-refractivity contribution in [1.82, 2.24) is 5.32 Å². The summed E-state index contributed by atoms with van der Waals surface area (Å²) in [4.78, 5) is 4.38. The fourth-order valence-corrected chi connectivity index (χ4v) is 2.06. The van der Waals surface area contributed by atoms with E-state index >= 15 is 0 Å². The van der Waals surface area contributed by atoms with Gasteiger partial charge in [0.2, 0.25) is 0 Å². The number of guanidine groups is 1. The molecule has 102 valence electrons. The molecule has 1 fully saturated rings. The van der Waals surface area contributed by atoms with Crippen molar-refractivity contribution in [2.24, 2.45) is 10.7 Å². The fraction of sp³-hybridized carbons (Fsp3) is 0.357. The molecule has 19 heavy (non-hydrogen) atoms. The second kappa shape index (κ2) is 5.81. The molecule has 1 aromatic heterocycles. The number of furan rings is 1. The highest BCUT2D eigenvalue weighted by atomic mass is 127. The Bertz CT molecular complexity index is 602. The Hall–Kier alpha value is -1.24. The zero-order chi connectivity index (χ0) is 12.5. The first-order chi connectivity index (χ1) is 8.74. The Morgan fingerprint density at radius 2 is 2.16 bits per heavy atom. The van der Waals surface area contributed by atoms with Crippen LogP contribution in [0.1, 0.15) is 24.2 Å². The Morgan fingerprint density at radius 1 is 1.42 bits per heavy atom. The molecule has 0 spiro atoms. The van der Waals surface area contributed by atoms with Gasteiger partial charge in [-0.3, -0.25) is 0 Å². The van der Waals surface area contributed by atoms with Crippen LogP contribution in [0.4, 0.5) is 0 Å². The highest BCUT2D eigenvalue weighted by Gasteiger charge is 2.21. The Labute approximate surface area is 129 Å². The van der Waals surface area contributed by atoms with Gasteiger partial charge in [0.05, 0.1) is 6.54 Å². The molecule has 5 heteroatoms. The van der Waals surface area contributed by atoms with E-state index < -0.39 is 0 Å². The van der Waals surface area contributed by atoms with Gasteiger partial charge in [0.1, 0.15) is 11.3 Å². The number of nitrogens with zero attached hydrogens (tertiary/aromatic N) is 1. The minimum Gasteiger partial charge on any atom is -0.461 e. The van der Waals surface area contributed by atoms with Crippen LogP contribution in [0, 0.1) is 6.92 Å². The molecule has 0 atom stereocenters. The predicted molar refractivity (Wildman–Crippen MR) is 87.9 cm³/mol. The number of aliphatic imine (C=N–C) groups is 1. The van der Waals surface area contributed by atoms with Crippen LogP contribution >= 0.6 is 24.0 Å². The number of halogens is 1. The van der Waals surface area contributed by atoms with E-state index in [9.17, 15) is 0 Å². The molecule has 1 aliphatic carbocycles. The van der Waals surface area contributed by atoms with Crippen molar-refractivity contribution in [2.75, 3.05) is 0 Å². The number of nitrogens with one attached hydrogen (secondary N) is 1. The third-order valence-electron chi connectivity index (χ3n) is 3.24. The lowest BCUT2D eigenvalue weighted by Gasteiger charge is -2.02. The first kappa shape index (κ1) is 14.2. The molecule has 1 saturated carbocycles. The monoisotopic (exact) mass is 371 g/mol. The molecule has 4 nitrogen and oxygen atoms in total. The lowest BCUT2D eigenvalue weighted by atomic mass is 10.1. The number of benzene rings is 1. The van der Waals surface area contributed by atoms with Crippen molar-refractivity contribution < 1.29 is 4.42 Å². The fourth-order valence-electron chi connectivity index (χ4n) is 2.06. The summed E-state index contributed by atoms with van der Waals surface area (Å²) in [5.74, 6) is 1.45. The molecule has 1 aliphatic rings. The van der Waals surface area contributed by atoms with Gasteiger partial charge in [-0.15, -0.1) is 24.0 Å². The summed E-state index contributed by atoms with van der Waals surface area (Å²) in [6.07, 6.45) is 2.40. The zero-order valence-electron chi connectivity index (χ0n) is 10.8. The van der Waals surface area contributed by atoms with Crippen LogP contribution in [0.2, 0.25) is 0 Å². The minimum atomic E-state index is 0. The molecule has 2 aromatic rings. The number of rotatable bonds is 3. The van der Waals surface area contributed by atoms with E-state index in [1.807, 2.05) is 25.1 Å². The maximum atomic E-state index is 5.83. The van der Waals surface area contributed by atoms with Gasteiger partial charge in [-0.25, -0.2) is 4.99 Å². The molecule has 0 bridgehead atoms. The zero-order valence-corrected chi connectivity index (χ0v) is 13.2. The number of fused-ring (bicyclic) bond motifs is 1. The Kier molecular flexibility index (Phi) is 4.34. The average molecular weight is 371 g/mol. The summed E-state index contributed by atoms with van der Waals surface area (Å²) < 4.78 is 5.69. The van der Waals surface area contributed by atoms with E-state index in [1.54, 1.807) is 0 Å². The normalized spacial score (nSPS) is 15.3. The smallest absolute Gasteiger partial charge is 0.189 e. The summed E-state index contributed by atoms with van der Waals surface area (Å²) in [7, 11) is 0. The minimum absolute atomic E-state index is 0. The van der Waals surface area contributed by atoms with Gasteiger partial charge in [0.15, 0.2) is 5.96 Å². The average Bonchev–Trinajstić information content (AvgIpc) is 3.09. The quantitative estimate of drug-likeness (QED) is 0.496. The number of hydrogen-bond donors (Lipinski definition) is 2. The molecule has 0 saturated heterocycles. The van der Waals surface area contributed by atoms with Crippen LogP contribution in [0.15, 0.2) is 33.7 Å². The van der Waals surface area contributed by atoms with E-state index in [2.05, 4.69) is 16.4 Å². The Balaban J connectivity index is 0.00000133. The number of para-hydroxylation sites is 1. The van der Waals surface area contributed by atoms with Crippen molar-refractivity contribution in [2.45, 2.75) is 32.4 Å². The molecular weight excluding hydrogens is 353 g/mol. The first-order valence-electron chi connectivity index (χ1n) is 6.27. The van der Waals surface area contributed by atoms with Crippen molar-refractivity contribution in [3.8, 4) is 0 Å². The summed E-state index contributed by atoms with van der Waals surface area (Å²) in [6, 6.07) is 8.55. The van der Waals surface area contributed by atoms with Gasteiger partial charge in [0.25, 0.3) is 0 Å². The molecule has 0 amide bonds. The third kappa shape index (κ3) is 3.20. The largest absolute Gasteiger partial charge is 0.461 e. The van der Waals surface area contributed by atoms with E-state index in [0.717, 1.165) is 22.3 Å². The highest BCUT2D eigenvalue weighted by molar-refractivity contribution is 14.0. The van der Waals surface area contributed by atoms with Crippen LogP contribution in [0.5, 0.6) is 0 Å². The third-order valence-corrected chi connectivity index (χ3v) is 3.24. The van der Waals surface area contributed by atoms with Crippen LogP contribution < -0.4 is 11.1 Å². The molecule has 0 aliphatic heterocycles. The number of hydrogen-bond acceptors (Lipinski definition) is 2. The standard InChI is InChI=1S/C14H17N3O.HI/c1-9-12(8-16-14(15)17-10-6-7-10)11-4-2-3-5-13(11)18-9;/h2-5,10H,6-8H2,1H3,(H3,15,16,17);1H. The molecular formula is C14H18IN3O. The number of nitrogens with two attached hydrogens (primary N) is 1. The van der Waals surface area contributed by atoms with Crippen molar-refractivity contribution >= 4 is 40.9 Å². The maximum Gasteiger partial charge on any atom is 0.189 e. The molecule has 0 unspecified atom stereocenters. The van der Waals surface area contributed by atoms with Crippen molar-refractivity contribution in [3.05, 3.63) is 35.6 Å². The predicted octanol–water partition coefficient (Wildman–Crippen LogP) is 2.93. The van der Waals surface area contributed by atoms with Gasteiger partial charge in [-0.05, 0) is 25.8 Å². The lowest BCUT2D eigenvalue weighted by molar-refractivity contribution is 0.572. The highest BCUT2D eigenvalue weighted by Crippen LogP contribution is 2.25. The van der Waals surface area contributed by atoms with Crippen molar-refractivity contribution in [1.29, 1.82) is 0 Å². The first-order valence-corrected chi connectivity index (χ1v) is 6.27. The van der Waals surface area contributed by atoms with Crippen LogP contribution in [-0.4, -0.2) is 12.0 Å². The van der Waals surface area contributed by atoms with Gasteiger partial charge in [-0.1, -0.05) is 18.2 Å². The second-order valence-corrected chi connectivity index (χ2v) is 4.75. The van der Waals surface area contributed by atoms with E-state index in [0.29, 0.717) is 18.5 Å². The molecule has 1 heterocycles. The molecule has 3 rings (SSSR count). The van der Waals surface area contributed by atoms with Crippen LogP contribution in [-0.2, 0) is 6.54 Å². The van der Waals surface area contributed by atoms with Crippen molar-refractivity contribution in [3.63, 3.8) is 0 Å². The topological polar surface area (TPSA) is 63.5 Å². The van der Waals surface area contributed by atoms with Gasteiger partial charge in [0, 0.05) is 17.0 Å². The molecule has 3 N–H and O–H groups in total. The summed E-state index contributed by atoms with van der Waals surface area (Å²) in [5.41, 5.74) is 7.86. The van der Waals surface area contributed by atoms with E-state index in [1.165, 1.54) is 12.8 Å². The molecule has 1 aromatic carbocycles. The molecule has 0 radical (unpaired) electrons. The Morgan fingerprint density at radius 3 is 2.89 bits per heavy atom. The van der Waals surface area contributed by atoms with Crippen LogP contribution in [0.25, 0.3) is 11.0 Å². The second-order valence-electron chi connectivity index (χ2n) is 4.75. The van der Waals surface area contributed by atoms with Gasteiger partial charge < -0.3 is 15.5 Å². The maximum absolute atomic E-state index is 5.83. The SMILES string of the molecule is Cc1oc2ccccc2c1CN=C(N)NC1CC1.I. The summed E-state index contributed by atoms with van der Waals surface area (Å²) in [5, 5.41) is 4.30. The van der Waals surface area contributed by atoms with Gasteiger partial charge in [-0.2, -0.15) is 0 Å². The van der Waals surface area contributed by atoms with E-state index in [-0.39, 0.29) is 24.0 Å². The van der Waals surface area contributed by atoms with Gasteiger partial charge >= 0.3 is 0 Å². The lowest BCUT2D eigenvalue weighted by Crippen LogP contribution is -2.33. The van der Waals surface area contributed by atoms with E-state index in [4.69, 9.17) is 10.2 Å². The summed E-state index contributed by atoms with van der Waals surface area (Å²) >= 11 is 0.